The van der Waals surface area contributed by atoms with Gasteiger partial charge in [0.15, 0.2) is 0 Å². The van der Waals surface area contributed by atoms with Crippen LogP contribution < -0.4 is 0 Å². The minimum Gasteiger partial charge on any atom is -0.493 e. The van der Waals surface area contributed by atoms with Crippen molar-refractivity contribution in [3.05, 3.63) is 48.0 Å². The van der Waals surface area contributed by atoms with Gasteiger partial charge in [-0.1, -0.05) is 12.1 Å². The molecule has 1 atom stereocenters. The average Bonchev–Trinajstić information content (AvgIpc) is 2.18. The van der Waals surface area contributed by atoms with Gasteiger partial charge in [-0.25, -0.2) is 4.39 Å². The molecular weight excluding hydrogens is 209 g/mol. The van der Waals surface area contributed by atoms with E-state index in [9.17, 15) is 18.3 Å². The van der Waals surface area contributed by atoms with Crippen LogP contribution in [0.4, 0.5) is 13.2 Å². The molecule has 5 heteroatoms. The maximum Gasteiger partial charge on any atom is 0.304 e. The minimum atomic E-state index is -1.97. The normalized spacial score (nSPS) is 12.0. The maximum absolute atomic E-state index is 12.5. The van der Waals surface area contributed by atoms with Gasteiger partial charge in [-0.3, -0.25) is 0 Å². The Bertz CT molecular complexity index is 331. The Labute approximate surface area is 84.6 Å². The van der Waals surface area contributed by atoms with Gasteiger partial charge in [-0.05, 0) is 17.7 Å². The van der Waals surface area contributed by atoms with Crippen molar-refractivity contribution in [1.82, 2.24) is 0 Å². The Morgan fingerprint density at radius 2 is 1.93 bits per heavy atom. The molecule has 1 N–H and O–H groups in total. The van der Waals surface area contributed by atoms with E-state index in [1.54, 1.807) is 0 Å². The Morgan fingerprint density at radius 1 is 1.33 bits per heavy atom. The second kappa shape index (κ2) is 5.41. The van der Waals surface area contributed by atoms with E-state index in [2.05, 4.69) is 4.74 Å². The zero-order valence-corrected chi connectivity index (χ0v) is 7.66. The van der Waals surface area contributed by atoms with E-state index < -0.39 is 18.0 Å². The molecule has 0 aromatic heterocycles. The van der Waals surface area contributed by atoms with Crippen LogP contribution in [0.1, 0.15) is 11.7 Å². The molecule has 2 nitrogen and oxygen atoms in total. The number of hydrogen-bond donors (Lipinski definition) is 1. The Hall–Kier alpha value is -1.49. The lowest BCUT2D eigenvalue weighted by atomic mass is 10.1. The van der Waals surface area contributed by atoms with Gasteiger partial charge in [0.1, 0.15) is 24.8 Å². The zero-order valence-electron chi connectivity index (χ0n) is 7.66. The number of hydrogen-bond acceptors (Lipinski definition) is 2. The molecule has 1 aromatic rings. The van der Waals surface area contributed by atoms with Crippen molar-refractivity contribution >= 4 is 0 Å². The fourth-order valence-corrected chi connectivity index (χ4v) is 0.983. The summed E-state index contributed by atoms with van der Waals surface area (Å²) in [4.78, 5) is 0. The third kappa shape index (κ3) is 4.03. The third-order valence-electron chi connectivity index (χ3n) is 1.68. The average molecular weight is 218 g/mol. The van der Waals surface area contributed by atoms with E-state index in [1.165, 1.54) is 24.3 Å². The Morgan fingerprint density at radius 3 is 2.47 bits per heavy atom. The predicted octanol–water partition coefficient (Wildman–Crippen LogP) is 2.61. The molecule has 0 spiro atoms. The summed E-state index contributed by atoms with van der Waals surface area (Å²) in [7, 11) is 0. The summed E-state index contributed by atoms with van der Waals surface area (Å²) in [6, 6.07) is 5.06. The molecule has 0 aliphatic carbocycles. The lowest BCUT2D eigenvalue weighted by molar-refractivity contribution is 0.0796. The molecule has 0 aliphatic rings. The highest BCUT2D eigenvalue weighted by Crippen LogP contribution is 2.14. The highest BCUT2D eigenvalue weighted by molar-refractivity contribution is 5.18. The quantitative estimate of drug-likeness (QED) is 0.787. The van der Waals surface area contributed by atoms with Crippen LogP contribution in [0.3, 0.4) is 0 Å². The standard InChI is InChI=1S/C10H9F3O2/c11-8-3-1-7(2-4-8)9(14)5-15-6-10(12)13/h1-4,6,9,14H,5H2/t9-/m0/s1. The van der Waals surface area contributed by atoms with Crippen molar-refractivity contribution in [2.45, 2.75) is 6.10 Å². The van der Waals surface area contributed by atoms with Crippen molar-refractivity contribution in [3.8, 4) is 0 Å². The van der Waals surface area contributed by atoms with E-state index >= 15 is 0 Å². The van der Waals surface area contributed by atoms with Crippen LogP contribution in [-0.2, 0) is 4.74 Å². The summed E-state index contributed by atoms with van der Waals surface area (Å²) in [5.74, 6) is -0.429. The fourth-order valence-electron chi connectivity index (χ4n) is 0.983. The molecule has 1 rings (SSSR count). The van der Waals surface area contributed by atoms with Gasteiger partial charge >= 0.3 is 6.08 Å². The molecule has 15 heavy (non-hydrogen) atoms. The van der Waals surface area contributed by atoms with Gasteiger partial charge < -0.3 is 9.84 Å². The summed E-state index contributed by atoms with van der Waals surface area (Å²) in [5.41, 5.74) is 0.407. The lowest BCUT2D eigenvalue weighted by Gasteiger charge is -2.09. The van der Waals surface area contributed by atoms with Crippen LogP contribution >= 0.6 is 0 Å². The smallest absolute Gasteiger partial charge is 0.304 e. The number of benzene rings is 1. The van der Waals surface area contributed by atoms with E-state index in [4.69, 9.17) is 0 Å². The van der Waals surface area contributed by atoms with Crippen molar-refractivity contribution in [1.29, 1.82) is 0 Å². The van der Waals surface area contributed by atoms with Gasteiger partial charge in [0.25, 0.3) is 0 Å². The topological polar surface area (TPSA) is 29.5 Å². The van der Waals surface area contributed by atoms with Gasteiger partial charge in [0.2, 0.25) is 0 Å². The number of aliphatic hydroxyl groups excluding tert-OH is 1. The van der Waals surface area contributed by atoms with Crippen molar-refractivity contribution < 1.29 is 23.0 Å². The minimum absolute atomic E-state index is 0.257. The summed E-state index contributed by atoms with van der Waals surface area (Å²) >= 11 is 0. The van der Waals surface area contributed by atoms with Crippen LogP contribution in [0.5, 0.6) is 0 Å². The molecule has 82 valence electrons. The maximum atomic E-state index is 12.5. The summed E-state index contributed by atoms with van der Waals surface area (Å²) in [6.45, 7) is -0.303. The van der Waals surface area contributed by atoms with Crippen LogP contribution in [0.25, 0.3) is 0 Å². The first-order chi connectivity index (χ1) is 7.09. The zero-order chi connectivity index (χ0) is 11.3. The van der Waals surface area contributed by atoms with Crippen molar-refractivity contribution in [2.75, 3.05) is 6.61 Å². The first-order valence-electron chi connectivity index (χ1n) is 4.16. The predicted molar refractivity (Wildman–Crippen MR) is 47.6 cm³/mol. The summed E-state index contributed by atoms with van der Waals surface area (Å²) in [6.07, 6.45) is -2.77. The highest BCUT2D eigenvalue weighted by Gasteiger charge is 2.07. The monoisotopic (exact) mass is 218 g/mol. The summed E-state index contributed by atoms with van der Waals surface area (Å²) < 4.78 is 40.0. The molecule has 0 heterocycles. The molecule has 0 amide bonds. The van der Waals surface area contributed by atoms with E-state index in [1.807, 2.05) is 0 Å². The largest absolute Gasteiger partial charge is 0.493 e. The molecule has 0 aliphatic heterocycles. The van der Waals surface area contributed by atoms with Crippen LogP contribution in [0.15, 0.2) is 36.6 Å². The molecule has 0 bridgehead atoms. The van der Waals surface area contributed by atoms with E-state index in [0.717, 1.165) is 0 Å². The first kappa shape index (κ1) is 11.6. The van der Waals surface area contributed by atoms with Crippen molar-refractivity contribution in [3.63, 3.8) is 0 Å². The van der Waals surface area contributed by atoms with Gasteiger partial charge in [-0.2, -0.15) is 8.78 Å². The third-order valence-corrected chi connectivity index (χ3v) is 1.68. The van der Waals surface area contributed by atoms with Crippen LogP contribution in [0, 0.1) is 5.82 Å². The number of ether oxygens (including phenoxy) is 1. The molecule has 0 radical (unpaired) electrons. The van der Waals surface area contributed by atoms with Gasteiger partial charge in [0, 0.05) is 0 Å². The molecule has 0 fully saturated rings. The van der Waals surface area contributed by atoms with Gasteiger partial charge in [-0.15, -0.1) is 0 Å². The lowest BCUT2D eigenvalue weighted by Crippen LogP contribution is -2.04. The van der Waals surface area contributed by atoms with Crippen molar-refractivity contribution in [2.24, 2.45) is 0 Å². The van der Waals surface area contributed by atoms with Gasteiger partial charge in [0.05, 0.1) is 0 Å². The number of halogens is 3. The SMILES string of the molecule is O[C@@H](COC=C(F)F)c1ccc(F)cc1. The summed E-state index contributed by atoms with van der Waals surface area (Å²) in [5, 5.41) is 9.40. The van der Waals surface area contributed by atoms with Crippen LogP contribution in [-0.4, -0.2) is 11.7 Å². The van der Waals surface area contributed by atoms with E-state index in [0.29, 0.717) is 5.56 Å². The first-order valence-corrected chi connectivity index (χ1v) is 4.16. The second-order valence-corrected chi connectivity index (χ2v) is 2.81. The van der Waals surface area contributed by atoms with Crippen LogP contribution in [0.2, 0.25) is 0 Å². The molecule has 0 unspecified atom stereocenters. The fraction of sp³-hybridized carbons (Fsp3) is 0.200. The Balaban J connectivity index is 2.50. The second-order valence-electron chi connectivity index (χ2n) is 2.81. The molecule has 0 saturated heterocycles. The van der Waals surface area contributed by atoms with E-state index in [-0.39, 0.29) is 12.9 Å². The number of aliphatic hydroxyl groups is 1. The molecule has 1 aromatic carbocycles. The Kier molecular flexibility index (Phi) is 4.17. The molecule has 0 saturated carbocycles. The number of rotatable bonds is 4. The highest BCUT2D eigenvalue weighted by atomic mass is 19.3. The molecular formula is C10H9F3O2.